The van der Waals surface area contributed by atoms with Crippen LogP contribution in [0.25, 0.3) is 0 Å². The monoisotopic (exact) mass is 407 g/mol. The highest BCUT2D eigenvalue weighted by Gasteiger charge is 2.21. The van der Waals surface area contributed by atoms with Gasteiger partial charge in [-0.15, -0.1) is 11.3 Å². The van der Waals surface area contributed by atoms with Crippen molar-refractivity contribution < 1.29 is 19.1 Å². The maximum absolute atomic E-state index is 13.0. The second-order valence-electron chi connectivity index (χ2n) is 6.80. The van der Waals surface area contributed by atoms with E-state index in [-0.39, 0.29) is 17.7 Å². The summed E-state index contributed by atoms with van der Waals surface area (Å²) >= 11 is 1.36. The van der Waals surface area contributed by atoms with Gasteiger partial charge in [0, 0.05) is 12.0 Å². The molecule has 29 heavy (non-hydrogen) atoms. The van der Waals surface area contributed by atoms with Crippen molar-refractivity contribution in [2.24, 2.45) is 0 Å². The molecule has 1 unspecified atom stereocenters. The molecule has 0 bridgehead atoms. The number of fused-ring (bicyclic) bond motifs is 1. The van der Waals surface area contributed by atoms with Gasteiger partial charge in [-0.3, -0.25) is 9.59 Å². The number of ketones is 1. The number of carbonyl (C=O) groups is 2. The van der Waals surface area contributed by atoms with Crippen LogP contribution in [0.15, 0.2) is 60.0 Å². The van der Waals surface area contributed by atoms with E-state index in [4.69, 9.17) is 9.47 Å². The van der Waals surface area contributed by atoms with Crippen LogP contribution in [0.1, 0.15) is 50.5 Å². The van der Waals surface area contributed by atoms with E-state index in [1.807, 2.05) is 36.6 Å². The fraction of sp³-hybridized carbons (Fsp3) is 0.217. The molecular formula is C23H21NO4S. The summed E-state index contributed by atoms with van der Waals surface area (Å²) in [5.74, 6) is 0.977. The van der Waals surface area contributed by atoms with E-state index in [2.05, 4.69) is 5.32 Å². The van der Waals surface area contributed by atoms with E-state index < -0.39 is 0 Å². The molecule has 0 saturated carbocycles. The highest BCUT2D eigenvalue weighted by molar-refractivity contribution is 7.12. The first kappa shape index (κ1) is 19.2. The van der Waals surface area contributed by atoms with Crippen LogP contribution in [0.3, 0.4) is 0 Å². The quantitative estimate of drug-likeness (QED) is 0.626. The smallest absolute Gasteiger partial charge is 0.252 e. The van der Waals surface area contributed by atoms with Crippen molar-refractivity contribution >= 4 is 23.0 Å². The summed E-state index contributed by atoms with van der Waals surface area (Å²) in [5.41, 5.74) is 1.68. The Balaban J connectivity index is 1.54. The Morgan fingerprint density at radius 1 is 0.966 bits per heavy atom. The largest absolute Gasteiger partial charge is 0.490 e. The predicted molar refractivity (Wildman–Crippen MR) is 112 cm³/mol. The molecular weight excluding hydrogens is 386 g/mol. The minimum atomic E-state index is -0.287. The van der Waals surface area contributed by atoms with E-state index in [1.165, 1.54) is 11.3 Å². The molecule has 1 aromatic heterocycles. The fourth-order valence-corrected chi connectivity index (χ4v) is 3.90. The van der Waals surface area contributed by atoms with Crippen molar-refractivity contribution in [1.82, 2.24) is 5.32 Å². The molecule has 1 amide bonds. The average molecular weight is 407 g/mol. The molecule has 0 saturated heterocycles. The molecule has 3 aromatic rings. The van der Waals surface area contributed by atoms with Crippen LogP contribution in [-0.2, 0) is 0 Å². The third kappa shape index (κ3) is 4.17. The van der Waals surface area contributed by atoms with Gasteiger partial charge >= 0.3 is 0 Å². The lowest BCUT2D eigenvalue weighted by Crippen LogP contribution is -2.28. The SMILES string of the molecule is CC(NC(=O)c1ccccc1C(=O)c1cccs1)c1ccc2c(c1)OCCCO2. The van der Waals surface area contributed by atoms with E-state index in [0.29, 0.717) is 35.0 Å². The molecule has 5 nitrogen and oxygen atoms in total. The first-order chi connectivity index (χ1) is 14.1. The predicted octanol–water partition coefficient (Wildman–Crippen LogP) is 4.63. The van der Waals surface area contributed by atoms with Gasteiger partial charge in [-0.1, -0.05) is 30.3 Å². The number of carbonyl (C=O) groups excluding carboxylic acids is 2. The summed E-state index contributed by atoms with van der Waals surface area (Å²) < 4.78 is 11.4. The van der Waals surface area contributed by atoms with Crippen LogP contribution in [-0.4, -0.2) is 24.9 Å². The van der Waals surface area contributed by atoms with Gasteiger partial charge in [-0.2, -0.15) is 0 Å². The molecule has 0 spiro atoms. The van der Waals surface area contributed by atoms with Gasteiger partial charge in [0.2, 0.25) is 5.78 Å². The number of nitrogens with one attached hydrogen (secondary N) is 1. The molecule has 1 aliphatic rings. The number of ether oxygens (including phenoxy) is 2. The maximum atomic E-state index is 13.0. The summed E-state index contributed by atoms with van der Waals surface area (Å²) in [6.45, 7) is 3.14. The molecule has 1 aliphatic heterocycles. The van der Waals surface area contributed by atoms with Crippen molar-refractivity contribution in [3.05, 3.63) is 81.5 Å². The Hall–Kier alpha value is -3.12. The molecule has 2 aromatic carbocycles. The zero-order chi connectivity index (χ0) is 20.2. The number of rotatable bonds is 5. The standard InChI is InChI=1S/C23H21NO4S/c1-15(16-9-10-19-20(14-16)28-12-5-11-27-19)24-23(26)18-7-3-2-6-17(18)22(25)21-8-4-13-29-21/h2-4,6-10,13-15H,5,11-12H2,1H3,(H,24,26). The van der Waals surface area contributed by atoms with Crippen molar-refractivity contribution in [2.45, 2.75) is 19.4 Å². The van der Waals surface area contributed by atoms with Crippen LogP contribution in [0.2, 0.25) is 0 Å². The fourth-order valence-electron chi connectivity index (χ4n) is 3.23. The van der Waals surface area contributed by atoms with Crippen molar-refractivity contribution in [1.29, 1.82) is 0 Å². The number of hydrogen-bond acceptors (Lipinski definition) is 5. The van der Waals surface area contributed by atoms with Crippen LogP contribution in [0.5, 0.6) is 11.5 Å². The van der Waals surface area contributed by atoms with Crippen molar-refractivity contribution in [2.75, 3.05) is 13.2 Å². The molecule has 0 aliphatic carbocycles. The summed E-state index contributed by atoms with van der Waals surface area (Å²) in [6.07, 6.45) is 0.839. The van der Waals surface area contributed by atoms with Gasteiger partial charge in [0.05, 0.1) is 29.7 Å². The lowest BCUT2D eigenvalue weighted by atomic mass is 10.0. The highest BCUT2D eigenvalue weighted by Crippen LogP contribution is 2.32. The molecule has 1 atom stereocenters. The zero-order valence-corrected chi connectivity index (χ0v) is 16.8. The minimum absolute atomic E-state index is 0.144. The lowest BCUT2D eigenvalue weighted by Gasteiger charge is -2.17. The van der Waals surface area contributed by atoms with E-state index in [1.54, 1.807) is 30.3 Å². The average Bonchev–Trinajstić information content (AvgIpc) is 3.18. The lowest BCUT2D eigenvalue weighted by molar-refractivity contribution is 0.0930. The topological polar surface area (TPSA) is 64.6 Å². The Morgan fingerprint density at radius 2 is 1.72 bits per heavy atom. The molecule has 6 heteroatoms. The van der Waals surface area contributed by atoms with Gasteiger partial charge in [-0.25, -0.2) is 0 Å². The molecule has 4 rings (SSSR count). The Labute approximate surface area is 173 Å². The van der Waals surface area contributed by atoms with Crippen LogP contribution >= 0.6 is 11.3 Å². The Morgan fingerprint density at radius 3 is 2.48 bits per heavy atom. The van der Waals surface area contributed by atoms with E-state index in [0.717, 1.165) is 17.7 Å². The maximum Gasteiger partial charge on any atom is 0.252 e. The normalized spacial score (nSPS) is 14.0. The number of amides is 1. The van der Waals surface area contributed by atoms with E-state index >= 15 is 0 Å². The first-order valence-electron chi connectivity index (χ1n) is 9.51. The molecule has 2 heterocycles. The van der Waals surface area contributed by atoms with Crippen LogP contribution in [0.4, 0.5) is 0 Å². The number of thiophene rings is 1. The van der Waals surface area contributed by atoms with Gasteiger partial charge in [0.1, 0.15) is 0 Å². The zero-order valence-electron chi connectivity index (χ0n) is 16.0. The second-order valence-corrected chi connectivity index (χ2v) is 7.75. The Bertz CT molecular complexity index is 1030. The minimum Gasteiger partial charge on any atom is -0.490 e. The number of benzene rings is 2. The van der Waals surface area contributed by atoms with Gasteiger partial charge in [-0.05, 0) is 42.1 Å². The first-order valence-corrected chi connectivity index (χ1v) is 10.4. The molecule has 148 valence electrons. The summed E-state index contributed by atoms with van der Waals surface area (Å²) in [6, 6.07) is 15.9. The summed E-state index contributed by atoms with van der Waals surface area (Å²) in [4.78, 5) is 26.3. The van der Waals surface area contributed by atoms with Gasteiger partial charge in [0.15, 0.2) is 11.5 Å². The number of hydrogen-bond donors (Lipinski definition) is 1. The molecule has 1 N–H and O–H groups in total. The highest BCUT2D eigenvalue weighted by atomic mass is 32.1. The summed E-state index contributed by atoms with van der Waals surface area (Å²) in [7, 11) is 0. The third-order valence-electron chi connectivity index (χ3n) is 4.78. The van der Waals surface area contributed by atoms with E-state index in [9.17, 15) is 9.59 Å². The van der Waals surface area contributed by atoms with Crippen LogP contribution < -0.4 is 14.8 Å². The molecule has 0 radical (unpaired) electrons. The van der Waals surface area contributed by atoms with Crippen LogP contribution in [0, 0.1) is 0 Å². The van der Waals surface area contributed by atoms with Crippen molar-refractivity contribution in [3.8, 4) is 11.5 Å². The summed E-state index contributed by atoms with van der Waals surface area (Å²) in [5, 5.41) is 4.84. The molecule has 0 fully saturated rings. The van der Waals surface area contributed by atoms with Crippen molar-refractivity contribution in [3.63, 3.8) is 0 Å². The van der Waals surface area contributed by atoms with Gasteiger partial charge < -0.3 is 14.8 Å². The second kappa shape index (κ2) is 8.49. The van der Waals surface area contributed by atoms with Gasteiger partial charge in [0.25, 0.3) is 5.91 Å². The third-order valence-corrected chi connectivity index (χ3v) is 5.65. The Kier molecular flexibility index (Phi) is 5.62.